The van der Waals surface area contributed by atoms with Gasteiger partial charge in [-0.25, -0.2) is 4.39 Å². The maximum atomic E-state index is 13.3. The Morgan fingerprint density at radius 1 is 1.13 bits per heavy atom. The summed E-state index contributed by atoms with van der Waals surface area (Å²) in [5, 5.41) is 15.3. The molecule has 6 nitrogen and oxygen atoms in total. The molecule has 4 N–H and O–H groups in total. The molecule has 1 aliphatic heterocycles. The van der Waals surface area contributed by atoms with E-state index in [0.29, 0.717) is 19.4 Å². The van der Waals surface area contributed by atoms with Crippen LogP contribution in [0, 0.1) is 5.82 Å². The van der Waals surface area contributed by atoms with Crippen molar-refractivity contribution in [1.82, 2.24) is 15.6 Å². The molecule has 0 spiro atoms. The van der Waals surface area contributed by atoms with Crippen molar-refractivity contribution in [2.45, 2.75) is 25.3 Å². The second-order valence-electron chi connectivity index (χ2n) is 7.34. The van der Waals surface area contributed by atoms with Crippen LogP contribution in [0.15, 0.2) is 54.6 Å². The van der Waals surface area contributed by atoms with Gasteiger partial charge in [-0.2, -0.15) is 0 Å². The molecule has 3 aromatic rings. The zero-order valence-corrected chi connectivity index (χ0v) is 16.2. The Morgan fingerprint density at radius 3 is 2.63 bits per heavy atom. The standard InChI is InChI=1S/C23H22FN3O3/c24-17-7-4-14(5-8-17)20-13-16(22(27-20)15-2-1-3-18(28)12-15)6-9-21(29)26-19-10-11-25-23(19)30/h1-5,7-8,12-13,19,27-28H,6,9-11H2,(H,25,30)(H,26,29). The number of rotatable bonds is 6. The van der Waals surface area contributed by atoms with E-state index in [-0.39, 0.29) is 29.8 Å². The van der Waals surface area contributed by atoms with Crippen molar-refractivity contribution in [3.8, 4) is 28.3 Å². The Hall–Kier alpha value is -3.61. The Bertz CT molecular complexity index is 1080. The van der Waals surface area contributed by atoms with Gasteiger partial charge < -0.3 is 20.7 Å². The number of aromatic hydroxyl groups is 1. The number of hydrogen-bond donors (Lipinski definition) is 4. The minimum Gasteiger partial charge on any atom is -0.508 e. The Morgan fingerprint density at radius 2 is 1.93 bits per heavy atom. The fraction of sp³-hybridized carbons (Fsp3) is 0.217. The van der Waals surface area contributed by atoms with E-state index >= 15 is 0 Å². The molecule has 4 rings (SSSR count). The molecule has 1 saturated heterocycles. The van der Waals surface area contributed by atoms with E-state index < -0.39 is 6.04 Å². The first kappa shape index (κ1) is 19.7. The molecule has 0 saturated carbocycles. The van der Waals surface area contributed by atoms with Gasteiger partial charge in [0, 0.05) is 29.9 Å². The summed E-state index contributed by atoms with van der Waals surface area (Å²) in [6, 6.07) is 14.5. The fourth-order valence-corrected chi connectivity index (χ4v) is 3.64. The van der Waals surface area contributed by atoms with Crippen molar-refractivity contribution in [2.75, 3.05) is 6.54 Å². The summed E-state index contributed by atoms with van der Waals surface area (Å²) in [5.74, 6) is -0.514. The first-order chi connectivity index (χ1) is 14.5. The number of phenolic OH excluding ortho intramolecular Hbond substituents is 1. The maximum absolute atomic E-state index is 13.3. The third kappa shape index (κ3) is 4.35. The first-order valence-corrected chi connectivity index (χ1v) is 9.84. The van der Waals surface area contributed by atoms with Crippen LogP contribution in [0.1, 0.15) is 18.4 Å². The van der Waals surface area contributed by atoms with Gasteiger partial charge in [0.2, 0.25) is 11.8 Å². The van der Waals surface area contributed by atoms with Gasteiger partial charge in [0.15, 0.2) is 0 Å². The number of amides is 2. The predicted octanol–water partition coefficient (Wildman–Crippen LogP) is 3.13. The number of aromatic amines is 1. The van der Waals surface area contributed by atoms with Gasteiger partial charge in [0.05, 0.1) is 0 Å². The maximum Gasteiger partial charge on any atom is 0.242 e. The lowest BCUT2D eigenvalue weighted by molar-refractivity contribution is -0.127. The summed E-state index contributed by atoms with van der Waals surface area (Å²) in [6.07, 6.45) is 1.26. The number of aromatic nitrogens is 1. The normalized spacial score (nSPS) is 15.8. The van der Waals surface area contributed by atoms with Crippen LogP contribution in [-0.2, 0) is 16.0 Å². The molecule has 1 aromatic heterocycles. The molecule has 1 aliphatic rings. The van der Waals surface area contributed by atoms with Crippen LogP contribution in [0.4, 0.5) is 4.39 Å². The van der Waals surface area contributed by atoms with Crippen LogP contribution in [0.5, 0.6) is 5.75 Å². The van der Waals surface area contributed by atoms with E-state index in [2.05, 4.69) is 15.6 Å². The van der Waals surface area contributed by atoms with Crippen molar-refractivity contribution in [3.63, 3.8) is 0 Å². The zero-order valence-electron chi connectivity index (χ0n) is 16.2. The topological polar surface area (TPSA) is 94.2 Å². The summed E-state index contributed by atoms with van der Waals surface area (Å²) < 4.78 is 13.3. The molecule has 1 unspecified atom stereocenters. The third-order valence-corrected chi connectivity index (χ3v) is 5.19. The molecule has 0 radical (unpaired) electrons. The number of phenols is 1. The lowest BCUT2D eigenvalue weighted by Crippen LogP contribution is -2.40. The molecule has 30 heavy (non-hydrogen) atoms. The molecule has 7 heteroatoms. The van der Waals surface area contributed by atoms with Crippen molar-refractivity contribution in [2.24, 2.45) is 0 Å². The first-order valence-electron chi connectivity index (χ1n) is 9.84. The van der Waals surface area contributed by atoms with E-state index in [1.807, 2.05) is 12.1 Å². The van der Waals surface area contributed by atoms with Gasteiger partial charge in [-0.15, -0.1) is 0 Å². The van der Waals surface area contributed by atoms with E-state index in [4.69, 9.17) is 0 Å². The highest BCUT2D eigenvalue weighted by atomic mass is 19.1. The number of halogens is 1. The second-order valence-corrected chi connectivity index (χ2v) is 7.34. The molecular formula is C23H22FN3O3. The minimum absolute atomic E-state index is 0.140. The van der Waals surface area contributed by atoms with Gasteiger partial charge in [-0.05, 0) is 66.4 Å². The number of benzene rings is 2. The highest BCUT2D eigenvalue weighted by Crippen LogP contribution is 2.31. The molecule has 0 aliphatic carbocycles. The van der Waals surface area contributed by atoms with Crippen LogP contribution in [0.3, 0.4) is 0 Å². The Balaban J connectivity index is 1.57. The lowest BCUT2D eigenvalue weighted by Gasteiger charge is -2.10. The summed E-state index contributed by atoms with van der Waals surface area (Å²) >= 11 is 0. The number of hydrogen-bond acceptors (Lipinski definition) is 3. The Labute approximate surface area is 173 Å². The number of nitrogens with one attached hydrogen (secondary N) is 3. The molecular weight excluding hydrogens is 385 g/mol. The number of aryl methyl sites for hydroxylation is 1. The van der Waals surface area contributed by atoms with Gasteiger partial charge in [0.1, 0.15) is 17.6 Å². The summed E-state index contributed by atoms with van der Waals surface area (Å²) in [5.41, 5.74) is 4.08. The summed E-state index contributed by atoms with van der Waals surface area (Å²) in [7, 11) is 0. The van der Waals surface area contributed by atoms with Crippen molar-refractivity contribution >= 4 is 11.8 Å². The van der Waals surface area contributed by atoms with E-state index in [1.54, 1.807) is 30.3 Å². The average molecular weight is 407 g/mol. The van der Waals surface area contributed by atoms with E-state index in [9.17, 15) is 19.1 Å². The quantitative estimate of drug-likeness (QED) is 0.506. The highest BCUT2D eigenvalue weighted by molar-refractivity contribution is 5.89. The molecule has 2 heterocycles. The van der Waals surface area contributed by atoms with Crippen molar-refractivity contribution < 1.29 is 19.1 Å². The van der Waals surface area contributed by atoms with Crippen molar-refractivity contribution in [1.29, 1.82) is 0 Å². The van der Waals surface area contributed by atoms with Crippen LogP contribution in [0.2, 0.25) is 0 Å². The minimum atomic E-state index is -0.468. The number of H-pyrrole nitrogens is 1. The molecule has 2 amide bonds. The number of carbonyl (C=O) groups excluding carboxylic acids is 2. The van der Waals surface area contributed by atoms with Crippen LogP contribution >= 0.6 is 0 Å². The highest BCUT2D eigenvalue weighted by Gasteiger charge is 2.25. The monoisotopic (exact) mass is 407 g/mol. The average Bonchev–Trinajstić information content (AvgIpc) is 3.33. The summed E-state index contributed by atoms with van der Waals surface area (Å²) in [6.45, 7) is 0.574. The molecule has 154 valence electrons. The van der Waals surface area contributed by atoms with Crippen LogP contribution in [-0.4, -0.2) is 34.5 Å². The molecule has 1 fully saturated rings. The van der Waals surface area contributed by atoms with E-state index in [0.717, 1.165) is 28.1 Å². The predicted molar refractivity (Wildman–Crippen MR) is 111 cm³/mol. The zero-order chi connectivity index (χ0) is 21.1. The molecule has 1 atom stereocenters. The third-order valence-electron chi connectivity index (χ3n) is 5.19. The van der Waals surface area contributed by atoms with Gasteiger partial charge in [-0.1, -0.05) is 12.1 Å². The van der Waals surface area contributed by atoms with Gasteiger partial charge >= 0.3 is 0 Å². The second kappa shape index (κ2) is 8.41. The van der Waals surface area contributed by atoms with Crippen LogP contribution < -0.4 is 10.6 Å². The van der Waals surface area contributed by atoms with E-state index in [1.165, 1.54) is 12.1 Å². The van der Waals surface area contributed by atoms with Crippen LogP contribution in [0.25, 0.3) is 22.5 Å². The van der Waals surface area contributed by atoms with Gasteiger partial charge in [0.25, 0.3) is 0 Å². The SMILES string of the molecule is O=C(CCc1cc(-c2ccc(F)cc2)[nH]c1-c1cccc(O)c1)NC1CCNC1=O. The summed E-state index contributed by atoms with van der Waals surface area (Å²) in [4.78, 5) is 27.3. The fourth-order valence-electron chi connectivity index (χ4n) is 3.64. The van der Waals surface area contributed by atoms with Gasteiger partial charge in [-0.3, -0.25) is 9.59 Å². The Kier molecular flexibility index (Phi) is 5.52. The molecule has 0 bridgehead atoms. The smallest absolute Gasteiger partial charge is 0.242 e. The number of carbonyl (C=O) groups is 2. The van der Waals surface area contributed by atoms with Crippen molar-refractivity contribution in [3.05, 3.63) is 66.0 Å². The molecule has 2 aromatic carbocycles. The largest absolute Gasteiger partial charge is 0.508 e. The lowest BCUT2D eigenvalue weighted by atomic mass is 10.0.